The molecule has 1 aliphatic heterocycles. The van der Waals surface area contributed by atoms with Gasteiger partial charge in [-0.2, -0.15) is 12.7 Å². The van der Waals surface area contributed by atoms with Gasteiger partial charge in [-0.1, -0.05) is 102 Å². The summed E-state index contributed by atoms with van der Waals surface area (Å²) in [6, 6.07) is 29.0. The molecule has 5 aromatic rings. The standard InChI is InChI=1S/C41H45ClN4O8S/c1-4-52-39(47)24-36(35-17-18-38-40(30(35)3)43-44-46(38)19-20-50-21-22-51-27-31-11-7-5-8-12-31)33-16-15-29(2)34(23-33)25-45-26-37(42)41(54-55(45,48)49)53-28-32-13-9-6-10-14-32/h5-18,23,36H,4,19-22,24-28H2,1-3H3. The SMILES string of the molecule is CCOC(=O)CC(c1ccc(C)c(CN2CC(Cl)=C(OCc3ccccc3)OS2(=O)=O)c1)c1ccc2c(nnn2CCOCCOCc2ccccc2)c1C. The van der Waals surface area contributed by atoms with Crippen molar-refractivity contribution in [3.63, 3.8) is 0 Å². The van der Waals surface area contributed by atoms with Crippen LogP contribution < -0.4 is 0 Å². The molecule has 0 fully saturated rings. The molecule has 1 aliphatic rings. The highest BCUT2D eigenvalue weighted by Gasteiger charge is 2.35. The number of aryl methyl sites for hydroxylation is 2. The minimum Gasteiger partial charge on any atom is -0.466 e. The van der Waals surface area contributed by atoms with Crippen LogP contribution in [0, 0.1) is 13.8 Å². The van der Waals surface area contributed by atoms with E-state index in [1.54, 1.807) is 11.6 Å². The summed E-state index contributed by atoms with van der Waals surface area (Å²) in [5.41, 5.74) is 7.68. The van der Waals surface area contributed by atoms with Crippen molar-refractivity contribution in [1.29, 1.82) is 0 Å². The second kappa shape index (κ2) is 18.7. The summed E-state index contributed by atoms with van der Waals surface area (Å²) in [5.74, 6) is -1.00. The third-order valence-corrected chi connectivity index (χ3v) is 10.9. The molecule has 0 amide bonds. The molecule has 4 aromatic carbocycles. The minimum absolute atomic E-state index is 0.0100. The van der Waals surface area contributed by atoms with Crippen molar-refractivity contribution >= 4 is 38.9 Å². The second-order valence-electron chi connectivity index (χ2n) is 13.1. The Hall–Kier alpha value is -4.79. The Bertz CT molecular complexity index is 2210. The number of rotatable bonds is 18. The summed E-state index contributed by atoms with van der Waals surface area (Å²) in [7, 11) is -4.23. The Balaban J connectivity index is 1.16. The third kappa shape index (κ3) is 10.3. The fraction of sp³-hybridized carbons (Fsp3) is 0.341. The van der Waals surface area contributed by atoms with E-state index >= 15 is 0 Å². The number of halogens is 1. The fourth-order valence-corrected chi connectivity index (χ4v) is 7.76. The smallest absolute Gasteiger partial charge is 0.388 e. The van der Waals surface area contributed by atoms with E-state index in [4.69, 9.17) is 34.7 Å². The maximum atomic E-state index is 13.3. The van der Waals surface area contributed by atoms with Crippen molar-refractivity contribution in [2.75, 3.05) is 33.0 Å². The van der Waals surface area contributed by atoms with Crippen molar-refractivity contribution in [3.05, 3.63) is 141 Å². The Kier molecular flexibility index (Phi) is 13.6. The van der Waals surface area contributed by atoms with Gasteiger partial charge in [0.1, 0.15) is 17.2 Å². The Morgan fingerprint density at radius 1 is 0.909 bits per heavy atom. The van der Waals surface area contributed by atoms with Crippen LogP contribution in [0.4, 0.5) is 0 Å². The molecule has 0 saturated carbocycles. The molecular weight excluding hydrogens is 744 g/mol. The third-order valence-electron chi connectivity index (χ3n) is 9.33. The summed E-state index contributed by atoms with van der Waals surface area (Å²) < 4.78 is 57.4. The van der Waals surface area contributed by atoms with Gasteiger partial charge in [0.25, 0.3) is 0 Å². The lowest BCUT2D eigenvalue weighted by Crippen LogP contribution is -2.37. The number of ether oxygens (including phenoxy) is 4. The average molecular weight is 789 g/mol. The molecule has 1 aromatic heterocycles. The van der Waals surface area contributed by atoms with Gasteiger partial charge in [-0.25, -0.2) is 4.68 Å². The summed E-state index contributed by atoms with van der Waals surface area (Å²) in [4.78, 5) is 13.0. The molecule has 0 spiro atoms. The zero-order valence-electron chi connectivity index (χ0n) is 31.1. The van der Waals surface area contributed by atoms with Crippen molar-refractivity contribution in [1.82, 2.24) is 19.3 Å². The average Bonchev–Trinajstić information content (AvgIpc) is 3.60. The molecule has 0 N–H and O–H groups in total. The lowest BCUT2D eigenvalue weighted by Gasteiger charge is -2.28. The monoisotopic (exact) mass is 788 g/mol. The van der Waals surface area contributed by atoms with Gasteiger partial charge >= 0.3 is 22.2 Å². The molecule has 1 unspecified atom stereocenters. The van der Waals surface area contributed by atoms with Crippen LogP contribution in [0.3, 0.4) is 0 Å². The van der Waals surface area contributed by atoms with Crippen LogP contribution in [0.5, 0.6) is 0 Å². The summed E-state index contributed by atoms with van der Waals surface area (Å²) >= 11 is 6.51. The molecule has 1 atom stereocenters. The zero-order valence-corrected chi connectivity index (χ0v) is 32.7. The number of hydrogen-bond acceptors (Lipinski definition) is 10. The van der Waals surface area contributed by atoms with Gasteiger partial charge in [-0.05, 0) is 65.8 Å². The van der Waals surface area contributed by atoms with E-state index in [1.807, 2.05) is 105 Å². The largest absolute Gasteiger partial charge is 0.466 e. The number of nitrogens with zero attached hydrogens (tertiary/aromatic N) is 4. The van der Waals surface area contributed by atoms with Crippen LogP contribution in [0.15, 0.2) is 102 Å². The molecule has 6 rings (SSSR count). The molecular formula is C41H45ClN4O8S. The highest BCUT2D eigenvalue weighted by atomic mass is 35.5. The van der Waals surface area contributed by atoms with E-state index in [0.29, 0.717) is 38.5 Å². The zero-order chi connectivity index (χ0) is 38.8. The number of carbonyl (C=O) groups is 1. The number of aromatic nitrogens is 3. The summed E-state index contributed by atoms with van der Waals surface area (Å²) in [6.45, 7) is 8.28. The van der Waals surface area contributed by atoms with Crippen molar-refractivity contribution in [2.45, 2.75) is 59.4 Å². The van der Waals surface area contributed by atoms with Crippen LogP contribution in [0.2, 0.25) is 0 Å². The molecule has 0 aliphatic carbocycles. The van der Waals surface area contributed by atoms with E-state index in [0.717, 1.165) is 48.8 Å². The molecule has 0 radical (unpaired) electrons. The number of esters is 1. The second-order valence-corrected chi connectivity index (χ2v) is 15.1. The number of carbonyl (C=O) groups excluding carboxylic acids is 1. The molecule has 12 nitrogen and oxygen atoms in total. The van der Waals surface area contributed by atoms with Gasteiger partial charge in [-0.3, -0.25) is 4.79 Å². The van der Waals surface area contributed by atoms with Crippen molar-refractivity contribution in [2.24, 2.45) is 0 Å². The predicted molar refractivity (Wildman–Crippen MR) is 208 cm³/mol. The fourth-order valence-electron chi connectivity index (χ4n) is 6.38. The van der Waals surface area contributed by atoms with Gasteiger partial charge in [0.05, 0.1) is 58.1 Å². The maximum Gasteiger partial charge on any atom is 0.388 e. The van der Waals surface area contributed by atoms with Crippen LogP contribution in [-0.4, -0.2) is 66.7 Å². The number of benzene rings is 4. The van der Waals surface area contributed by atoms with Crippen LogP contribution >= 0.6 is 11.6 Å². The Labute approximate surface area is 326 Å². The maximum absolute atomic E-state index is 13.3. The van der Waals surface area contributed by atoms with Crippen LogP contribution in [0.25, 0.3) is 11.0 Å². The first-order chi connectivity index (χ1) is 26.6. The predicted octanol–water partition coefficient (Wildman–Crippen LogP) is 7.07. The van der Waals surface area contributed by atoms with Crippen LogP contribution in [0.1, 0.15) is 58.2 Å². The lowest BCUT2D eigenvalue weighted by atomic mass is 9.84. The first kappa shape index (κ1) is 39.9. The first-order valence-electron chi connectivity index (χ1n) is 18.1. The van der Waals surface area contributed by atoms with E-state index in [2.05, 4.69) is 10.3 Å². The van der Waals surface area contributed by atoms with Crippen molar-refractivity contribution in [3.8, 4) is 0 Å². The Morgan fingerprint density at radius 2 is 1.62 bits per heavy atom. The van der Waals surface area contributed by atoms with E-state index < -0.39 is 16.2 Å². The van der Waals surface area contributed by atoms with Crippen LogP contribution in [-0.2, 0) is 64.5 Å². The van der Waals surface area contributed by atoms with Gasteiger partial charge in [-0.15, -0.1) is 5.10 Å². The van der Waals surface area contributed by atoms with Gasteiger partial charge in [0.2, 0.25) is 0 Å². The van der Waals surface area contributed by atoms with Gasteiger partial charge in [0.15, 0.2) is 0 Å². The molecule has 290 valence electrons. The quantitative estimate of drug-likeness (QED) is 0.0672. The van der Waals surface area contributed by atoms with Gasteiger partial charge < -0.3 is 23.1 Å². The van der Waals surface area contributed by atoms with Gasteiger partial charge in [0, 0.05) is 12.5 Å². The number of hydrogen-bond donors (Lipinski definition) is 0. The van der Waals surface area contributed by atoms with E-state index in [-0.39, 0.29) is 49.7 Å². The molecule has 2 heterocycles. The highest BCUT2D eigenvalue weighted by Crippen LogP contribution is 2.36. The Morgan fingerprint density at radius 3 is 2.35 bits per heavy atom. The first-order valence-corrected chi connectivity index (χ1v) is 19.9. The molecule has 0 saturated heterocycles. The minimum atomic E-state index is -4.23. The summed E-state index contributed by atoms with van der Waals surface area (Å²) in [6.07, 6.45) is 0.0683. The summed E-state index contributed by atoms with van der Waals surface area (Å²) in [5, 5.41) is 9.04. The molecule has 14 heteroatoms. The normalized spacial score (nSPS) is 14.8. The molecule has 0 bridgehead atoms. The lowest BCUT2D eigenvalue weighted by molar-refractivity contribution is -0.143. The highest BCUT2D eigenvalue weighted by molar-refractivity contribution is 7.84. The van der Waals surface area contributed by atoms with E-state index in [1.165, 1.54) is 0 Å². The molecule has 55 heavy (non-hydrogen) atoms. The van der Waals surface area contributed by atoms with Crippen molar-refractivity contribution < 1.29 is 36.3 Å². The van der Waals surface area contributed by atoms with E-state index in [9.17, 15) is 13.2 Å². The number of fused-ring (bicyclic) bond motifs is 1. The topological polar surface area (TPSA) is 131 Å².